The Morgan fingerprint density at radius 2 is 2.03 bits per heavy atom. The molecule has 1 aromatic heterocycles. The first-order valence-corrected chi connectivity index (χ1v) is 11.4. The van der Waals surface area contributed by atoms with Gasteiger partial charge in [-0.3, -0.25) is 0 Å². The second-order valence-corrected chi connectivity index (χ2v) is 10.2. The van der Waals surface area contributed by atoms with Gasteiger partial charge in [-0.25, -0.2) is 0 Å². The van der Waals surface area contributed by atoms with Gasteiger partial charge in [0.25, 0.3) is 0 Å². The zero-order valence-corrected chi connectivity index (χ0v) is 20.0. The van der Waals surface area contributed by atoms with E-state index in [1.165, 1.54) is 0 Å². The summed E-state index contributed by atoms with van der Waals surface area (Å²) >= 11 is 3.56. The lowest BCUT2D eigenvalue weighted by atomic mass is 9.70. The van der Waals surface area contributed by atoms with Crippen molar-refractivity contribution in [3.8, 4) is 11.8 Å². The van der Waals surface area contributed by atoms with E-state index >= 15 is 0 Å². The first-order chi connectivity index (χ1) is 15.1. The number of aromatic nitrogens is 1. The Kier molecular flexibility index (Phi) is 4.91. The molecule has 6 nitrogen and oxygen atoms in total. The average Bonchev–Trinajstić information content (AvgIpc) is 3.32. The lowest BCUT2D eigenvalue weighted by Crippen LogP contribution is -2.29. The standard InChI is InChI=1S/C25H25BrN2O4/c1-24(2)18-9-14(30-11-15-12-31-25(3,4)32-15)6-8-16(18)22(29)19-17-7-5-13(10-27)20(26)21(17)28-23(19)24/h5-9,15,22,28-29H,11-12H2,1-4H3/t15-,22?/m1/s1. The minimum Gasteiger partial charge on any atom is -0.491 e. The maximum atomic E-state index is 11.3. The highest BCUT2D eigenvalue weighted by molar-refractivity contribution is 9.10. The molecular weight excluding hydrogens is 472 g/mol. The average molecular weight is 497 g/mol. The predicted octanol–water partition coefficient (Wildman–Crippen LogP) is 5.05. The van der Waals surface area contributed by atoms with Crippen molar-refractivity contribution in [2.24, 2.45) is 0 Å². The number of rotatable bonds is 3. The van der Waals surface area contributed by atoms with E-state index in [9.17, 15) is 10.4 Å². The van der Waals surface area contributed by atoms with E-state index < -0.39 is 17.3 Å². The van der Waals surface area contributed by atoms with Crippen LogP contribution in [0.1, 0.15) is 61.7 Å². The fourth-order valence-electron chi connectivity index (χ4n) is 4.84. The number of H-pyrrole nitrogens is 1. The second kappa shape index (κ2) is 7.32. The molecule has 2 atom stereocenters. The molecule has 5 rings (SSSR count). The van der Waals surface area contributed by atoms with Crippen LogP contribution in [0.15, 0.2) is 34.8 Å². The van der Waals surface area contributed by atoms with Gasteiger partial charge in [0.2, 0.25) is 0 Å². The van der Waals surface area contributed by atoms with Crippen molar-refractivity contribution in [3.05, 3.63) is 62.8 Å². The van der Waals surface area contributed by atoms with E-state index in [1.807, 2.05) is 38.1 Å². The highest BCUT2D eigenvalue weighted by Crippen LogP contribution is 2.50. The molecular formula is C25H25BrN2O4. The highest BCUT2D eigenvalue weighted by atomic mass is 79.9. The van der Waals surface area contributed by atoms with E-state index in [0.717, 1.165) is 39.0 Å². The maximum Gasteiger partial charge on any atom is 0.163 e. The lowest BCUT2D eigenvalue weighted by Gasteiger charge is -2.35. The van der Waals surface area contributed by atoms with Gasteiger partial charge in [0.15, 0.2) is 5.79 Å². The van der Waals surface area contributed by atoms with Crippen molar-refractivity contribution < 1.29 is 19.3 Å². The Bertz CT molecular complexity index is 1270. The summed E-state index contributed by atoms with van der Waals surface area (Å²) in [5.74, 6) is 0.145. The molecule has 1 saturated heterocycles. The summed E-state index contributed by atoms with van der Waals surface area (Å²) in [6.45, 7) is 8.95. The molecule has 1 fully saturated rings. The van der Waals surface area contributed by atoms with E-state index in [0.29, 0.717) is 23.2 Å². The van der Waals surface area contributed by atoms with Crippen LogP contribution in [0.2, 0.25) is 0 Å². The van der Waals surface area contributed by atoms with Gasteiger partial charge in [0.05, 0.1) is 22.2 Å². The van der Waals surface area contributed by atoms with Crippen molar-refractivity contribution >= 4 is 26.8 Å². The van der Waals surface area contributed by atoms with Crippen LogP contribution in [0.4, 0.5) is 0 Å². The normalized spacial score (nSPS) is 22.9. The number of nitriles is 1. The van der Waals surface area contributed by atoms with Crippen molar-refractivity contribution in [1.82, 2.24) is 4.98 Å². The molecule has 0 saturated carbocycles. The Morgan fingerprint density at radius 3 is 2.72 bits per heavy atom. The van der Waals surface area contributed by atoms with Crippen molar-refractivity contribution in [2.45, 2.75) is 51.1 Å². The first kappa shape index (κ1) is 21.5. The maximum absolute atomic E-state index is 11.3. The van der Waals surface area contributed by atoms with E-state index in [1.54, 1.807) is 6.07 Å². The van der Waals surface area contributed by atoms with Gasteiger partial charge >= 0.3 is 0 Å². The number of aromatic amines is 1. The monoisotopic (exact) mass is 496 g/mol. The Hall–Kier alpha value is -2.37. The molecule has 2 aliphatic rings. The number of halogens is 1. The molecule has 0 spiro atoms. The number of benzene rings is 2. The first-order valence-electron chi connectivity index (χ1n) is 10.6. The largest absolute Gasteiger partial charge is 0.491 e. The molecule has 1 aliphatic heterocycles. The van der Waals surface area contributed by atoms with Gasteiger partial charge in [0, 0.05) is 22.1 Å². The molecule has 3 aromatic rings. The van der Waals surface area contributed by atoms with Crippen molar-refractivity contribution in [3.63, 3.8) is 0 Å². The summed E-state index contributed by atoms with van der Waals surface area (Å²) in [6, 6.07) is 11.7. The fourth-order valence-corrected chi connectivity index (χ4v) is 5.38. The van der Waals surface area contributed by atoms with Gasteiger partial charge in [-0.1, -0.05) is 26.0 Å². The summed E-state index contributed by atoms with van der Waals surface area (Å²) < 4.78 is 18.2. The summed E-state index contributed by atoms with van der Waals surface area (Å²) in [7, 11) is 0. The summed E-state index contributed by atoms with van der Waals surface area (Å²) in [5, 5.41) is 21.6. The van der Waals surface area contributed by atoms with Crippen molar-refractivity contribution in [2.75, 3.05) is 13.2 Å². The zero-order valence-electron chi connectivity index (χ0n) is 18.5. The topological polar surface area (TPSA) is 87.5 Å². The third kappa shape index (κ3) is 3.25. The predicted molar refractivity (Wildman–Crippen MR) is 124 cm³/mol. The second-order valence-electron chi connectivity index (χ2n) is 9.41. The quantitative estimate of drug-likeness (QED) is 0.529. The SMILES string of the molecule is CC1(C)OC[C@@H](COc2ccc3c(c2)C(C)(C)c2[nH]c4c(Br)c(C#N)ccc4c2C3O)O1. The van der Waals surface area contributed by atoms with E-state index in [-0.39, 0.29) is 6.10 Å². The number of ether oxygens (including phenoxy) is 3. The minimum absolute atomic E-state index is 0.119. The van der Waals surface area contributed by atoms with Gasteiger partial charge in [0.1, 0.15) is 30.6 Å². The summed E-state index contributed by atoms with van der Waals surface area (Å²) in [4.78, 5) is 3.49. The molecule has 0 radical (unpaired) electrons. The van der Waals surface area contributed by atoms with Crippen LogP contribution < -0.4 is 4.74 Å². The minimum atomic E-state index is -0.775. The van der Waals surface area contributed by atoms with Crippen LogP contribution in [0.3, 0.4) is 0 Å². The number of aliphatic hydroxyl groups excluding tert-OH is 1. The molecule has 2 heterocycles. The Morgan fingerprint density at radius 1 is 1.25 bits per heavy atom. The molecule has 2 aromatic carbocycles. The lowest BCUT2D eigenvalue weighted by molar-refractivity contribution is -0.141. The molecule has 0 amide bonds. The van der Waals surface area contributed by atoms with Crippen LogP contribution in [0, 0.1) is 11.3 Å². The number of nitrogens with one attached hydrogen (secondary N) is 1. The van der Waals surface area contributed by atoms with Gasteiger partial charge in [-0.2, -0.15) is 5.26 Å². The molecule has 32 heavy (non-hydrogen) atoms. The molecule has 2 N–H and O–H groups in total. The van der Waals surface area contributed by atoms with Gasteiger partial charge < -0.3 is 24.3 Å². The molecule has 166 valence electrons. The molecule has 1 unspecified atom stereocenters. The zero-order chi connectivity index (χ0) is 22.8. The molecule has 7 heteroatoms. The van der Waals surface area contributed by atoms with Crippen LogP contribution >= 0.6 is 15.9 Å². The van der Waals surface area contributed by atoms with Crippen LogP contribution in [0.25, 0.3) is 10.9 Å². The van der Waals surface area contributed by atoms with Gasteiger partial charge in [-0.05, 0) is 59.1 Å². The fraction of sp³-hybridized carbons (Fsp3) is 0.400. The van der Waals surface area contributed by atoms with Crippen LogP contribution in [0.5, 0.6) is 5.75 Å². The summed E-state index contributed by atoms with van der Waals surface area (Å²) in [6.07, 6.45) is -0.894. The van der Waals surface area contributed by atoms with Crippen molar-refractivity contribution in [1.29, 1.82) is 5.26 Å². The number of hydrogen-bond donors (Lipinski definition) is 2. The summed E-state index contributed by atoms with van der Waals surface area (Å²) in [5.41, 5.74) is 4.64. The highest BCUT2D eigenvalue weighted by Gasteiger charge is 2.40. The van der Waals surface area contributed by atoms with E-state index in [2.05, 4.69) is 40.8 Å². The molecule has 1 aliphatic carbocycles. The third-order valence-electron chi connectivity index (χ3n) is 6.47. The van der Waals surface area contributed by atoms with Crippen LogP contribution in [-0.4, -0.2) is 35.2 Å². The smallest absolute Gasteiger partial charge is 0.163 e. The van der Waals surface area contributed by atoms with Crippen LogP contribution in [-0.2, 0) is 14.9 Å². The Labute approximate surface area is 195 Å². The Balaban J connectivity index is 1.52. The van der Waals surface area contributed by atoms with E-state index in [4.69, 9.17) is 14.2 Å². The number of nitrogens with zero attached hydrogens (tertiary/aromatic N) is 1. The molecule has 0 bridgehead atoms. The number of hydrogen-bond acceptors (Lipinski definition) is 5. The number of fused-ring (bicyclic) bond motifs is 4. The third-order valence-corrected chi connectivity index (χ3v) is 7.29. The number of aliphatic hydroxyl groups is 1. The van der Waals surface area contributed by atoms with Gasteiger partial charge in [-0.15, -0.1) is 0 Å².